The number of halogens is 3. The van der Waals surface area contributed by atoms with E-state index in [1.54, 1.807) is 6.92 Å². The molecular formula is C21H30F3N3O2. The lowest BCUT2D eigenvalue weighted by atomic mass is 9.92. The molecule has 1 aromatic rings. The van der Waals surface area contributed by atoms with Crippen LogP contribution >= 0.6 is 0 Å². The number of morpholine rings is 1. The highest BCUT2D eigenvalue weighted by molar-refractivity contribution is 5.95. The summed E-state index contributed by atoms with van der Waals surface area (Å²) in [5, 5.41) is 2.47. The first kappa shape index (κ1) is 22.1. The second-order valence-corrected chi connectivity index (χ2v) is 7.93. The van der Waals surface area contributed by atoms with Crippen LogP contribution in [-0.2, 0) is 15.7 Å². The molecule has 2 fully saturated rings. The Morgan fingerprint density at radius 3 is 2.48 bits per heavy atom. The van der Waals surface area contributed by atoms with Crippen molar-refractivity contribution in [2.24, 2.45) is 5.92 Å². The quantitative estimate of drug-likeness (QED) is 0.776. The lowest BCUT2D eigenvalue weighted by Crippen LogP contribution is -2.46. The highest BCUT2D eigenvalue weighted by Crippen LogP contribution is 2.34. The van der Waals surface area contributed by atoms with E-state index in [9.17, 15) is 18.0 Å². The number of anilines is 1. The van der Waals surface area contributed by atoms with E-state index in [-0.39, 0.29) is 5.69 Å². The van der Waals surface area contributed by atoms with Crippen LogP contribution in [0, 0.1) is 5.92 Å². The van der Waals surface area contributed by atoms with E-state index in [1.165, 1.54) is 18.2 Å². The first-order valence-corrected chi connectivity index (χ1v) is 10.4. The Bertz CT molecular complexity index is 669. The van der Waals surface area contributed by atoms with Crippen molar-refractivity contribution in [1.82, 2.24) is 9.80 Å². The molecule has 1 atom stereocenters. The Hall–Kier alpha value is -1.64. The average Bonchev–Trinajstić information content (AvgIpc) is 2.72. The second kappa shape index (κ2) is 9.91. The molecule has 29 heavy (non-hydrogen) atoms. The molecule has 0 aromatic heterocycles. The van der Waals surface area contributed by atoms with Crippen LogP contribution in [0.4, 0.5) is 18.9 Å². The van der Waals surface area contributed by atoms with E-state index in [0.717, 1.165) is 71.3 Å². The van der Waals surface area contributed by atoms with E-state index in [2.05, 4.69) is 15.1 Å². The van der Waals surface area contributed by atoms with Gasteiger partial charge in [-0.2, -0.15) is 13.2 Å². The van der Waals surface area contributed by atoms with Crippen LogP contribution in [0.3, 0.4) is 0 Å². The molecule has 2 saturated heterocycles. The third kappa shape index (κ3) is 6.17. The number of carbonyl (C=O) groups excluding carboxylic acids is 1. The van der Waals surface area contributed by atoms with Gasteiger partial charge in [0.2, 0.25) is 5.91 Å². The summed E-state index contributed by atoms with van der Waals surface area (Å²) in [6.07, 6.45) is -1.32. The summed E-state index contributed by atoms with van der Waals surface area (Å²) in [5.74, 6) is 0.240. The molecule has 0 spiro atoms. The fourth-order valence-corrected chi connectivity index (χ4v) is 4.06. The standard InChI is InChI=1S/C21H30F3N3O2/c1-16(20(28)25-19-5-3-2-4-18(19)21(22,23)24)27-10-7-17(8-11-27)6-9-26-12-14-29-15-13-26/h2-5,16-17H,6-15H2,1H3,(H,25,28). The second-order valence-electron chi connectivity index (χ2n) is 7.93. The summed E-state index contributed by atoms with van der Waals surface area (Å²) in [7, 11) is 0. The number of ether oxygens (including phenoxy) is 1. The van der Waals surface area contributed by atoms with Crippen LogP contribution in [0.2, 0.25) is 0 Å². The zero-order chi connectivity index (χ0) is 20.9. The Morgan fingerprint density at radius 1 is 1.17 bits per heavy atom. The Morgan fingerprint density at radius 2 is 1.83 bits per heavy atom. The van der Waals surface area contributed by atoms with Gasteiger partial charge < -0.3 is 10.1 Å². The summed E-state index contributed by atoms with van der Waals surface area (Å²) in [4.78, 5) is 17.1. The zero-order valence-electron chi connectivity index (χ0n) is 16.9. The lowest BCUT2D eigenvalue weighted by molar-refractivity contribution is -0.137. The molecule has 2 heterocycles. The number of likely N-dealkylation sites (tertiary alicyclic amines) is 1. The molecule has 5 nitrogen and oxygen atoms in total. The number of alkyl halides is 3. The number of para-hydroxylation sites is 1. The van der Waals surface area contributed by atoms with Crippen LogP contribution in [0.25, 0.3) is 0 Å². The number of rotatable bonds is 6. The average molecular weight is 413 g/mol. The van der Waals surface area contributed by atoms with Crippen molar-refractivity contribution in [2.75, 3.05) is 51.3 Å². The van der Waals surface area contributed by atoms with Crippen molar-refractivity contribution >= 4 is 11.6 Å². The minimum atomic E-state index is -4.49. The first-order chi connectivity index (χ1) is 13.8. The van der Waals surface area contributed by atoms with Gasteiger partial charge in [0, 0.05) is 13.1 Å². The Kier molecular flexibility index (Phi) is 7.54. The van der Waals surface area contributed by atoms with Crippen LogP contribution in [0.1, 0.15) is 31.7 Å². The summed E-state index contributed by atoms with van der Waals surface area (Å²) in [5.41, 5.74) is -1.00. The van der Waals surface area contributed by atoms with E-state index < -0.39 is 23.7 Å². The number of piperidine rings is 1. The molecule has 0 radical (unpaired) electrons. The topological polar surface area (TPSA) is 44.8 Å². The number of nitrogens with zero attached hydrogens (tertiary/aromatic N) is 2. The van der Waals surface area contributed by atoms with Crippen LogP contribution in [0.5, 0.6) is 0 Å². The zero-order valence-corrected chi connectivity index (χ0v) is 16.9. The Labute approximate surface area is 170 Å². The molecule has 8 heteroatoms. The number of carbonyl (C=O) groups is 1. The van der Waals surface area contributed by atoms with E-state index in [4.69, 9.17) is 4.74 Å². The monoisotopic (exact) mass is 413 g/mol. The van der Waals surface area contributed by atoms with Gasteiger partial charge in [0.05, 0.1) is 30.5 Å². The van der Waals surface area contributed by atoms with Crippen molar-refractivity contribution in [2.45, 2.75) is 38.4 Å². The van der Waals surface area contributed by atoms with Crippen molar-refractivity contribution in [3.05, 3.63) is 29.8 Å². The number of hydrogen-bond acceptors (Lipinski definition) is 4. The van der Waals surface area contributed by atoms with Gasteiger partial charge in [0.15, 0.2) is 0 Å². The van der Waals surface area contributed by atoms with Gasteiger partial charge in [0.1, 0.15) is 0 Å². The third-order valence-corrected chi connectivity index (χ3v) is 6.02. The minimum Gasteiger partial charge on any atom is -0.379 e. The maximum Gasteiger partial charge on any atom is 0.418 e. The van der Waals surface area contributed by atoms with Crippen molar-refractivity contribution in [3.8, 4) is 0 Å². The van der Waals surface area contributed by atoms with Crippen molar-refractivity contribution in [3.63, 3.8) is 0 Å². The largest absolute Gasteiger partial charge is 0.418 e. The maximum absolute atomic E-state index is 13.1. The van der Waals surface area contributed by atoms with Gasteiger partial charge in [-0.3, -0.25) is 14.6 Å². The molecule has 1 aromatic carbocycles. The highest BCUT2D eigenvalue weighted by atomic mass is 19.4. The highest BCUT2D eigenvalue weighted by Gasteiger charge is 2.34. The number of nitrogens with one attached hydrogen (secondary N) is 1. The fraction of sp³-hybridized carbons (Fsp3) is 0.667. The molecule has 1 amide bonds. The fourth-order valence-electron chi connectivity index (χ4n) is 4.06. The maximum atomic E-state index is 13.1. The smallest absolute Gasteiger partial charge is 0.379 e. The molecule has 1 unspecified atom stereocenters. The predicted molar refractivity (Wildman–Crippen MR) is 106 cm³/mol. The Balaban J connectivity index is 1.46. The summed E-state index contributed by atoms with van der Waals surface area (Å²) in [6.45, 7) is 8.04. The minimum absolute atomic E-state index is 0.183. The van der Waals surface area contributed by atoms with E-state index in [1.807, 2.05) is 0 Å². The number of benzene rings is 1. The predicted octanol–water partition coefficient (Wildman–Crippen LogP) is 3.47. The molecule has 3 rings (SSSR count). The first-order valence-electron chi connectivity index (χ1n) is 10.4. The van der Waals surface area contributed by atoms with E-state index in [0.29, 0.717) is 5.92 Å². The number of amides is 1. The van der Waals surface area contributed by atoms with Crippen LogP contribution in [-0.4, -0.2) is 67.7 Å². The summed E-state index contributed by atoms with van der Waals surface area (Å²) >= 11 is 0. The van der Waals surface area contributed by atoms with Gasteiger partial charge in [-0.05, 0) is 63.9 Å². The lowest BCUT2D eigenvalue weighted by Gasteiger charge is -2.36. The summed E-state index contributed by atoms with van der Waals surface area (Å²) < 4.78 is 44.8. The van der Waals surface area contributed by atoms with Gasteiger partial charge in [0.25, 0.3) is 0 Å². The van der Waals surface area contributed by atoms with Gasteiger partial charge >= 0.3 is 6.18 Å². The van der Waals surface area contributed by atoms with Gasteiger partial charge in [-0.15, -0.1) is 0 Å². The van der Waals surface area contributed by atoms with Crippen molar-refractivity contribution < 1.29 is 22.7 Å². The molecule has 0 bridgehead atoms. The molecule has 0 saturated carbocycles. The van der Waals surface area contributed by atoms with Crippen LogP contribution in [0.15, 0.2) is 24.3 Å². The van der Waals surface area contributed by atoms with Gasteiger partial charge in [-0.25, -0.2) is 0 Å². The summed E-state index contributed by atoms with van der Waals surface area (Å²) in [6, 6.07) is 4.64. The van der Waals surface area contributed by atoms with E-state index >= 15 is 0 Å². The SMILES string of the molecule is CC(C(=O)Nc1ccccc1C(F)(F)F)N1CCC(CCN2CCOCC2)CC1. The van der Waals surface area contributed by atoms with Crippen LogP contribution < -0.4 is 5.32 Å². The molecule has 1 N–H and O–H groups in total. The van der Waals surface area contributed by atoms with Crippen molar-refractivity contribution in [1.29, 1.82) is 0 Å². The normalized spacial score (nSPS) is 21.1. The molecule has 2 aliphatic heterocycles. The molecule has 0 aliphatic carbocycles. The third-order valence-electron chi connectivity index (χ3n) is 6.02. The molecule has 162 valence electrons. The van der Waals surface area contributed by atoms with Gasteiger partial charge in [-0.1, -0.05) is 12.1 Å². The molecular weight excluding hydrogens is 383 g/mol. The molecule has 2 aliphatic rings. The number of hydrogen-bond donors (Lipinski definition) is 1.